The van der Waals surface area contributed by atoms with Crippen molar-refractivity contribution >= 4 is 23.5 Å². The highest BCUT2D eigenvalue weighted by molar-refractivity contribution is 6.30. The Morgan fingerprint density at radius 1 is 1.17 bits per heavy atom. The molecule has 0 aliphatic rings. The lowest BCUT2D eigenvalue weighted by Gasteiger charge is -2.11. The third kappa shape index (κ3) is 5.12. The first-order valence-electron chi connectivity index (χ1n) is 7.15. The third-order valence-corrected chi connectivity index (χ3v) is 3.46. The first-order valence-corrected chi connectivity index (χ1v) is 7.53. The van der Waals surface area contributed by atoms with Crippen molar-refractivity contribution in [3.8, 4) is 11.3 Å². The Kier molecular flexibility index (Phi) is 5.78. The van der Waals surface area contributed by atoms with Crippen LogP contribution in [0.5, 0.6) is 0 Å². The van der Waals surface area contributed by atoms with Crippen LogP contribution in [0.2, 0.25) is 5.02 Å². The van der Waals surface area contributed by atoms with Gasteiger partial charge in [0.1, 0.15) is 12.3 Å². The lowest BCUT2D eigenvalue weighted by molar-refractivity contribution is -0.886. The summed E-state index contributed by atoms with van der Waals surface area (Å²) in [7, 11) is 3.31. The summed E-state index contributed by atoms with van der Waals surface area (Å²) in [6.45, 7) is 0.707. The van der Waals surface area contributed by atoms with E-state index in [1.165, 1.54) is 7.05 Å². The number of likely N-dealkylation sites (N-methyl/N-ethyl adjacent to an activating group) is 1. The van der Waals surface area contributed by atoms with Gasteiger partial charge in [-0.3, -0.25) is 10.1 Å². The average molecular weight is 337 g/mol. The van der Waals surface area contributed by atoms with Crippen molar-refractivity contribution in [1.82, 2.24) is 10.6 Å². The van der Waals surface area contributed by atoms with Crippen molar-refractivity contribution in [3.63, 3.8) is 0 Å². The van der Waals surface area contributed by atoms with Crippen molar-refractivity contribution in [3.05, 3.63) is 47.2 Å². The van der Waals surface area contributed by atoms with Gasteiger partial charge < -0.3 is 14.6 Å². The fourth-order valence-corrected chi connectivity index (χ4v) is 2.24. The number of halogens is 1. The third-order valence-electron chi connectivity index (χ3n) is 3.21. The van der Waals surface area contributed by atoms with E-state index in [-0.39, 0.29) is 12.5 Å². The van der Waals surface area contributed by atoms with E-state index >= 15 is 0 Å². The number of benzene rings is 1. The second-order valence-corrected chi connectivity index (χ2v) is 5.65. The molecule has 2 rings (SSSR count). The van der Waals surface area contributed by atoms with Gasteiger partial charge in [0.15, 0.2) is 12.3 Å². The zero-order valence-electron chi connectivity index (χ0n) is 13.0. The molecule has 7 heteroatoms. The van der Waals surface area contributed by atoms with Crippen molar-refractivity contribution < 1.29 is 18.9 Å². The SMILES string of the molecule is CNC(=O)NC(=O)C[NH+](C)Cc1ccc(-c2ccc(Cl)cc2)o1. The fourth-order valence-electron chi connectivity index (χ4n) is 2.11. The largest absolute Gasteiger partial charge is 0.455 e. The Morgan fingerprint density at radius 2 is 1.87 bits per heavy atom. The molecule has 0 aliphatic carbocycles. The predicted molar refractivity (Wildman–Crippen MR) is 87.2 cm³/mol. The Hall–Kier alpha value is -2.31. The number of hydrogen-bond acceptors (Lipinski definition) is 3. The number of amides is 3. The summed E-state index contributed by atoms with van der Waals surface area (Å²) in [6, 6.07) is 10.6. The molecule has 6 nitrogen and oxygen atoms in total. The van der Waals surface area contributed by atoms with Crippen LogP contribution in [0.1, 0.15) is 5.76 Å². The van der Waals surface area contributed by atoms with Crippen LogP contribution in [0.3, 0.4) is 0 Å². The molecule has 2 aromatic rings. The molecular weight excluding hydrogens is 318 g/mol. The molecule has 0 fully saturated rings. The van der Waals surface area contributed by atoms with Gasteiger partial charge in [0.25, 0.3) is 5.91 Å². The van der Waals surface area contributed by atoms with E-state index in [4.69, 9.17) is 16.0 Å². The molecule has 0 radical (unpaired) electrons. The van der Waals surface area contributed by atoms with Gasteiger partial charge in [-0.1, -0.05) is 11.6 Å². The van der Waals surface area contributed by atoms with Gasteiger partial charge >= 0.3 is 6.03 Å². The summed E-state index contributed by atoms with van der Waals surface area (Å²) in [5.74, 6) is 1.17. The Balaban J connectivity index is 1.92. The number of rotatable bonds is 5. The van der Waals surface area contributed by atoms with Gasteiger partial charge in [0.2, 0.25) is 0 Å². The maximum absolute atomic E-state index is 11.6. The van der Waals surface area contributed by atoms with Crippen molar-refractivity contribution in [2.24, 2.45) is 0 Å². The van der Waals surface area contributed by atoms with Crippen LogP contribution in [-0.4, -0.2) is 32.6 Å². The molecule has 1 aromatic heterocycles. The number of nitrogens with one attached hydrogen (secondary N) is 3. The second kappa shape index (κ2) is 7.80. The van der Waals surface area contributed by atoms with E-state index in [0.717, 1.165) is 22.0 Å². The van der Waals surface area contributed by atoms with Crippen LogP contribution in [0.4, 0.5) is 4.79 Å². The van der Waals surface area contributed by atoms with Crippen LogP contribution < -0.4 is 15.5 Å². The molecule has 0 spiro atoms. The van der Waals surface area contributed by atoms with Crippen LogP contribution in [0.15, 0.2) is 40.8 Å². The zero-order valence-corrected chi connectivity index (χ0v) is 13.7. The number of urea groups is 1. The number of imide groups is 1. The number of hydrogen-bond donors (Lipinski definition) is 3. The Bertz CT molecular complexity index is 682. The summed E-state index contributed by atoms with van der Waals surface area (Å²) >= 11 is 5.87. The van der Waals surface area contributed by atoms with E-state index < -0.39 is 6.03 Å². The summed E-state index contributed by atoms with van der Waals surface area (Å²) in [5.41, 5.74) is 0.940. The van der Waals surface area contributed by atoms with Crippen molar-refractivity contribution in [2.45, 2.75) is 6.54 Å². The number of quaternary nitrogens is 1. The van der Waals surface area contributed by atoms with Gasteiger partial charge in [-0.05, 0) is 36.4 Å². The molecule has 1 aromatic carbocycles. The number of carbonyl (C=O) groups excluding carboxylic acids is 2. The molecule has 3 amide bonds. The van der Waals surface area contributed by atoms with Crippen LogP contribution >= 0.6 is 11.6 Å². The van der Waals surface area contributed by atoms with Crippen LogP contribution in [0.25, 0.3) is 11.3 Å². The van der Waals surface area contributed by atoms with Gasteiger partial charge in [0.05, 0.1) is 7.05 Å². The molecule has 122 valence electrons. The Morgan fingerprint density at radius 3 is 2.52 bits per heavy atom. The summed E-state index contributed by atoms with van der Waals surface area (Å²) < 4.78 is 5.79. The zero-order chi connectivity index (χ0) is 16.8. The monoisotopic (exact) mass is 336 g/mol. The van der Waals surface area contributed by atoms with E-state index in [2.05, 4.69) is 10.6 Å². The standard InChI is InChI=1S/C16H18ClN3O3/c1-18-16(22)19-15(21)10-20(2)9-13-7-8-14(23-13)11-3-5-12(17)6-4-11/h3-8H,9-10H2,1-2H3,(H2,18,19,21,22)/p+1. The second-order valence-electron chi connectivity index (χ2n) is 5.21. The van der Waals surface area contributed by atoms with Gasteiger partial charge in [-0.25, -0.2) is 4.79 Å². The number of carbonyl (C=O) groups is 2. The maximum atomic E-state index is 11.6. The van der Waals surface area contributed by atoms with Crippen molar-refractivity contribution in [2.75, 3.05) is 20.6 Å². The molecule has 1 unspecified atom stereocenters. The highest BCUT2D eigenvalue weighted by Gasteiger charge is 2.15. The first-order chi connectivity index (χ1) is 11.0. The summed E-state index contributed by atoms with van der Waals surface area (Å²) in [6.07, 6.45) is 0. The van der Waals surface area contributed by atoms with E-state index in [1.807, 2.05) is 31.3 Å². The number of furan rings is 1. The normalized spacial score (nSPS) is 11.8. The molecule has 0 saturated heterocycles. The molecule has 1 atom stereocenters. The summed E-state index contributed by atoms with van der Waals surface area (Å²) in [4.78, 5) is 23.6. The van der Waals surface area contributed by atoms with Gasteiger partial charge in [0, 0.05) is 17.6 Å². The Labute approximate surface area is 139 Å². The van der Waals surface area contributed by atoms with E-state index in [0.29, 0.717) is 11.6 Å². The molecular formula is C16H19ClN3O3+. The smallest absolute Gasteiger partial charge is 0.321 e. The molecule has 0 aliphatic heterocycles. The maximum Gasteiger partial charge on any atom is 0.321 e. The minimum absolute atomic E-state index is 0.171. The van der Waals surface area contributed by atoms with Gasteiger partial charge in [-0.2, -0.15) is 0 Å². The lowest BCUT2D eigenvalue weighted by atomic mass is 10.2. The minimum Gasteiger partial charge on any atom is -0.455 e. The predicted octanol–water partition coefficient (Wildman–Crippen LogP) is 1.07. The summed E-state index contributed by atoms with van der Waals surface area (Å²) in [5, 5.41) is 5.24. The fraction of sp³-hybridized carbons (Fsp3) is 0.250. The van der Waals surface area contributed by atoms with Crippen LogP contribution in [-0.2, 0) is 11.3 Å². The highest BCUT2D eigenvalue weighted by Crippen LogP contribution is 2.23. The lowest BCUT2D eigenvalue weighted by Crippen LogP contribution is -3.09. The average Bonchev–Trinajstić information content (AvgIpc) is 2.95. The first kappa shape index (κ1) is 17.1. The quantitative estimate of drug-likeness (QED) is 0.764. The molecule has 23 heavy (non-hydrogen) atoms. The van der Waals surface area contributed by atoms with Crippen LogP contribution in [0, 0.1) is 0 Å². The molecule has 1 heterocycles. The van der Waals surface area contributed by atoms with Gasteiger partial charge in [-0.15, -0.1) is 0 Å². The molecule has 0 saturated carbocycles. The van der Waals surface area contributed by atoms with E-state index in [9.17, 15) is 9.59 Å². The topological polar surface area (TPSA) is 75.8 Å². The molecule has 3 N–H and O–H groups in total. The molecule has 0 bridgehead atoms. The highest BCUT2D eigenvalue weighted by atomic mass is 35.5. The minimum atomic E-state index is -0.508. The van der Waals surface area contributed by atoms with E-state index in [1.54, 1.807) is 12.1 Å². The van der Waals surface area contributed by atoms with Crippen molar-refractivity contribution in [1.29, 1.82) is 0 Å².